The van der Waals surface area contributed by atoms with E-state index in [0.717, 1.165) is 11.3 Å². The van der Waals surface area contributed by atoms with Crippen molar-refractivity contribution in [1.82, 2.24) is 25.3 Å². The van der Waals surface area contributed by atoms with Crippen LogP contribution in [-0.2, 0) is 11.3 Å². The topological polar surface area (TPSA) is 79.3 Å². The highest BCUT2D eigenvalue weighted by atomic mass is 16.2. The van der Waals surface area contributed by atoms with Crippen molar-refractivity contribution in [3.8, 4) is 5.69 Å². The molecule has 0 saturated carbocycles. The Morgan fingerprint density at radius 3 is 2.52 bits per heavy atom. The largest absolute Gasteiger partial charge is 0.349 e. The molecule has 0 radical (unpaired) electrons. The van der Waals surface area contributed by atoms with Crippen molar-refractivity contribution in [2.24, 2.45) is 0 Å². The van der Waals surface area contributed by atoms with Gasteiger partial charge < -0.3 is 15.5 Å². The predicted molar refractivity (Wildman–Crippen MR) is 87.1 cm³/mol. The van der Waals surface area contributed by atoms with E-state index in [-0.39, 0.29) is 11.9 Å². The van der Waals surface area contributed by atoms with Crippen LogP contribution in [0.5, 0.6) is 0 Å². The maximum Gasteiger partial charge on any atom is 0.315 e. The third kappa shape index (κ3) is 5.14. The number of hydrogen-bond acceptors (Lipinski definition) is 3. The molecule has 0 aliphatic heterocycles. The van der Waals surface area contributed by atoms with Gasteiger partial charge in [0.15, 0.2) is 0 Å². The molecule has 0 saturated heterocycles. The molecule has 0 aliphatic carbocycles. The number of benzene rings is 1. The van der Waals surface area contributed by atoms with Crippen molar-refractivity contribution in [2.45, 2.75) is 13.0 Å². The van der Waals surface area contributed by atoms with Crippen LogP contribution in [0.15, 0.2) is 42.7 Å². The average Bonchev–Trinajstić information content (AvgIpc) is 3.07. The summed E-state index contributed by atoms with van der Waals surface area (Å²) in [5, 5.41) is 9.58. The molecule has 0 spiro atoms. The summed E-state index contributed by atoms with van der Waals surface area (Å²) in [5.41, 5.74) is 1.95. The van der Waals surface area contributed by atoms with Crippen molar-refractivity contribution in [3.05, 3.63) is 48.3 Å². The van der Waals surface area contributed by atoms with Gasteiger partial charge in [-0.1, -0.05) is 12.1 Å². The maximum atomic E-state index is 11.7. The molecule has 2 aromatic rings. The zero-order valence-corrected chi connectivity index (χ0v) is 13.3. The molecule has 23 heavy (non-hydrogen) atoms. The van der Waals surface area contributed by atoms with Crippen LogP contribution in [-0.4, -0.2) is 47.3 Å². The number of urea groups is 1. The van der Waals surface area contributed by atoms with Crippen molar-refractivity contribution in [3.63, 3.8) is 0 Å². The van der Waals surface area contributed by atoms with Crippen molar-refractivity contribution in [1.29, 1.82) is 0 Å². The van der Waals surface area contributed by atoms with E-state index in [0.29, 0.717) is 19.5 Å². The molecule has 1 heterocycles. The van der Waals surface area contributed by atoms with Crippen LogP contribution >= 0.6 is 0 Å². The Labute approximate surface area is 135 Å². The summed E-state index contributed by atoms with van der Waals surface area (Å²) in [5.74, 6) is -0.0143. The van der Waals surface area contributed by atoms with Gasteiger partial charge in [0.25, 0.3) is 0 Å². The van der Waals surface area contributed by atoms with Gasteiger partial charge in [-0.15, -0.1) is 0 Å². The highest BCUT2D eigenvalue weighted by Crippen LogP contribution is 2.08. The van der Waals surface area contributed by atoms with Gasteiger partial charge in [-0.05, 0) is 23.8 Å². The van der Waals surface area contributed by atoms with Crippen molar-refractivity contribution >= 4 is 11.9 Å². The Hall–Kier alpha value is -2.83. The molecule has 1 aromatic heterocycles. The van der Waals surface area contributed by atoms with Crippen LogP contribution in [0.1, 0.15) is 12.0 Å². The number of carbonyl (C=O) groups excluding carboxylic acids is 2. The minimum absolute atomic E-state index is 0.0143. The molecule has 1 aromatic carbocycles. The molecular weight excluding hydrogens is 294 g/mol. The van der Waals surface area contributed by atoms with E-state index in [4.69, 9.17) is 0 Å². The van der Waals surface area contributed by atoms with Gasteiger partial charge in [-0.25, -0.2) is 9.48 Å². The van der Waals surface area contributed by atoms with E-state index in [2.05, 4.69) is 15.7 Å². The first-order chi connectivity index (χ1) is 11.1. The lowest BCUT2D eigenvalue weighted by molar-refractivity contribution is -0.128. The summed E-state index contributed by atoms with van der Waals surface area (Å²) in [6, 6.07) is 9.34. The fraction of sp³-hybridized carbons (Fsp3) is 0.312. The minimum atomic E-state index is -0.285. The lowest BCUT2D eigenvalue weighted by Crippen LogP contribution is -2.37. The second kappa shape index (κ2) is 7.98. The van der Waals surface area contributed by atoms with Crippen LogP contribution in [0.2, 0.25) is 0 Å². The number of aromatic nitrogens is 2. The number of rotatable bonds is 6. The summed E-state index contributed by atoms with van der Waals surface area (Å²) in [6.45, 7) is 0.744. The van der Waals surface area contributed by atoms with Gasteiger partial charge >= 0.3 is 6.03 Å². The fourth-order valence-corrected chi connectivity index (χ4v) is 1.94. The van der Waals surface area contributed by atoms with E-state index >= 15 is 0 Å². The molecular formula is C16H21N5O2. The Morgan fingerprint density at radius 1 is 1.17 bits per heavy atom. The predicted octanol–water partition coefficient (Wildman–Crippen LogP) is 1.15. The quantitative estimate of drug-likeness (QED) is 0.839. The SMILES string of the molecule is CN(C)C(=O)CCNC(=O)NCc1ccc(-n2cccn2)cc1. The third-order valence-electron chi connectivity index (χ3n) is 3.28. The fourth-order valence-electron chi connectivity index (χ4n) is 1.94. The molecule has 7 heteroatoms. The van der Waals surface area contributed by atoms with Gasteiger partial charge in [0, 0.05) is 46.0 Å². The lowest BCUT2D eigenvalue weighted by Gasteiger charge is -2.11. The summed E-state index contributed by atoms with van der Waals surface area (Å²) >= 11 is 0. The van der Waals surface area contributed by atoms with Gasteiger partial charge in [0.05, 0.1) is 5.69 Å². The van der Waals surface area contributed by atoms with E-state index in [1.54, 1.807) is 25.0 Å². The number of carbonyl (C=O) groups is 2. The van der Waals surface area contributed by atoms with Crippen molar-refractivity contribution < 1.29 is 9.59 Å². The van der Waals surface area contributed by atoms with Crippen LogP contribution in [0.3, 0.4) is 0 Å². The van der Waals surface area contributed by atoms with E-state index in [1.165, 1.54) is 4.90 Å². The van der Waals surface area contributed by atoms with Crippen LogP contribution < -0.4 is 10.6 Å². The molecule has 2 N–H and O–H groups in total. The first kappa shape index (κ1) is 16.5. The molecule has 122 valence electrons. The third-order valence-corrected chi connectivity index (χ3v) is 3.28. The van der Waals surface area contributed by atoms with Crippen LogP contribution in [0.25, 0.3) is 5.69 Å². The molecule has 7 nitrogen and oxygen atoms in total. The first-order valence-electron chi connectivity index (χ1n) is 7.37. The monoisotopic (exact) mass is 315 g/mol. The average molecular weight is 315 g/mol. The van der Waals surface area contributed by atoms with E-state index < -0.39 is 0 Å². The Bertz CT molecular complexity index is 635. The molecule has 0 atom stereocenters. The normalized spacial score (nSPS) is 10.2. The molecule has 3 amide bonds. The standard InChI is InChI=1S/C16H21N5O2/c1-20(2)15(22)8-10-17-16(23)18-12-13-4-6-14(7-5-13)21-11-3-9-19-21/h3-7,9,11H,8,10,12H2,1-2H3,(H2,17,18,23). The highest BCUT2D eigenvalue weighted by molar-refractivity contribution is 5.77. The van der Waals surface area contributed by atoms with E-state index in [9.17, 15) is 9.59 Å². The summed E-state index contributed by atoms with van der Waals surface area (Å²) in [4.78, 5) is 24.5. The number of amides is 3. The number of nitrogens with zero attached hydrogens (tertiary/aromatic N) is 3. The summed E-state index contributed by atoms with van der Waals surface area (Å²) in [7, 11) is 3.38. The van der Waals surface area contributed by atoms with Crippen LogP contribution in [0, 0.1) is 0 Å². The smallest absolute Gasteiger partial charge is 0.315 e. The summed E-state index contributed by atoms with van der Waals surface area (Å²) in [6.07, 6.45) is 3.88. The molecule has 2 rings (SSSR count). The molecule has 0 unspecified atom stereocenters. The number of hydrogen-bond donors (Lipinski definition) is 2. The molecule has 0 aliphatic rings. The minimum Gasteiger partial charge on any atom is -0.349 e. The van der Waals surface area contributed by atoms with Gasteiger partial charge in [0.1, 0.15) is 0 Å². The second-order valence-electron chi connectivity index (χ2n) is 5.26. The first-order valence-corrected chi connectivity index (χ1v) is 7.37. The van der Waals surface area contributed by atoms with Gasteiger partial charge in [0.2, 0.25) is 5.91 Å². The maximum absolute atomic E-state index is 11.7. The zero-order chi connectivity index (χ0) is 16.7. The lowest BCUT2D eigenvalue weighted by atomic mass is 10.2. The Morgan fingerprint density at radius 2 is 1.91 bits per heavy atom. The molecule has 0 fully saturated rings. The van der Waals surface area contributed by atoms with Crippen LogP contribution in [0.4, 0.5) is 4.79 Å². The number of nitrogens with one attached hydrogen (secondary N) is 2. The second-order valence-corrected chi connectivity index (χ2v) is 5.26. The zero-order valence-electron chi connectivity index (χ0n) is 13.3. The Balaban J connectivity index is 1.73. The Kier molecular flexibility index (Phi) is 5.74. The van der Waals surface area contributed by atoms with E-state index in [1.807, 2.05) is 36.5 Å². The van der Waals surface area contributed by atoms with Gasteiger partial charge in [-0.2, -0.15) is 5.10 Å². The van der Waals surface area contributed by atoms with Gasteiger partial charge in [-0.3, -0.25) is 4.79 Å². The molecule has 0 bridgehead atoms. The van der Waals surface area contributed by atoms with Crippen molar-refractivity contribution in [2.75, 3.05) is 20.6 Å². The highest BCUT2D eigenvalue weighted by Gasteiger charge is 2.05. The summed E-state index contributed by atoms with van der Waals surface area (Å²) < 4.78 is 1.77.